The fraction of sp³-hybridized carbons (Fsp3) is 1.00. The van der Waals surface area contributed by atoms with Crippen LogP contribution in [0.3, 0.4) is 0 Å². The minimum Gasteiger partial charge on any atom is -0.203 e. The monoisotopic (exact) mass is 300 g/mol. The molecular weight excluding hydrogens is 283 g/mol. The van der Waals surface area contributed by atoms with Crippen LogP contribution in [0.15, 0.2) is 0 Å². The minimum atomic E-state index is 0.0417. The van der Waals surface area contributed by atoms with Crippen LogP contribution < -0.4 is 0 Å². The van der Waals surface area contributed by atoms with Crippen molar-refractivity contribution in [3.05, 3.63) is 0 Å². The van der Waals surface area contributed by atoms with Crippen LogP contribution in [0.4, 0.5) is 0 Å². The van der Waals surface area contributed by atoms with Gasteiger partial charge in [-0.3, -0.25) is 0 Å². The quantitative estimate of drug-likeness (QED) is 0.521. The average Bonchev–Trinajstić information content (AvgIpc) is 2.00. The zero-order valence-corrected chi connectivity index (χ0v) is 12.3. The van der Waals surface area contributed by atoms with Gasteiger partial charge in [-0.25, -0.2) is 28.1 Å². The molecule has 0 saturated carbocycles. The third kappa shape index (κ3) is 24.6. The normalized spacial score (nSPS) is 8.36. The first-order valence-electron chi connectivity index (χ1n) is 4.45. The molecule has 0 fully saturated rings. The Morgan fingerprint density at radius 2 is 1.09 bits per heavy atom. The summed E-state index contributed by atoms with van der Waals surface area (Å²) in [6.07, 6.45) is 8.49. The van der Waals surface area contributed by atoms with Crippen LogP contribution in [-0.2, 0) is 0 Å². The van der Waals surface area contributed by atoms with Crippen molar-refractivity contribution in [2.45, 2.75) is 52.4 Å². The lowest BCUT2D eigenvalue weighted by atomic mass is 10.1. The fourth-order valence-corrected chi connectivity index (χ4v) is 0.854. The second-order valence-corrected chi connectivity index (χ2v) is 10.6. The topological polar surface area (TPSA) is 0 Å². The molecule has 0 rings (SSSR count). The molecule has 0 aliphatic rings. The summed E-state index contributed by atoms with van der Waals surface area (Å²) in [4.78, 5) is 0. The number of rotatable bonds is 5. The average molecular weight is 302 g/mol. The molecule has 0 aliphatic carbocycles. The maximum atomic E-state index is 3.20. The minimum absolute atomic E-state index is 0.0417. The first kappa shape index (κ1) is 15.0. The van der Waals surface area contributed by atoms with Gasteiger partial charge in [-0.2, -0.15) is 0 Å². The van der Waals surface area contributed by atoms with Crippen LogP contribution in [0.5, 0.6) is 0 Å². The maximum Gasteiger partial charge on any atom is 0.435 e. The molecule has 0 unspecified atom stereocenters. The van der Waals surface area contributed by atoms with Crippen LogP contribution in [0.25, 0.3) is 0 Å². The molecule has 0 heterocycles. The summed E-state index contributed by atoms with van der Waals surface area (Å²) >= 11 is 6.44. The van der Waals surface area contributed by atoms with E-state index in [0.717, 1.165) is 0 Å². The molecule has 0 bridgehead atoms. The summed E-state index contributed by atoms with van der Waals surface area (Å²) in [5.74, 6) is 0. The van der Waals surface area contributed by atoms with Gasteiger partial charge in [-0.15, -0.1) is 0 Å². The molecule has 0 aromatic carbocycles. The van der Waals surface area contributed by atoms with Crippen molar-refractivity contribution in [1.82, 2.24) is 0 Å². The van der Waals surface area contributed by atoms with Gasteiger partial charge in [0.1, 0.15) is 0 Å². The maximum absolute atomic E-state index is 3.20. The second kappa shape index (κ2) is 17.5. The SMILES string of the molecule is CCCCCCCC.[Br][AlH][Br]. The van der Waals surface area contributed by atoms with Gasteiger partial charge in [-0.1, -0.05) is 52.4 Å². The summed E-state index contributed by atoms with van der Waals surface area (Å²) in [6, 6.07) is 0. The van der Waals surface area contributed by atoms with Gasteiger partial charge in [0, 0.05) is 0 Å². The standard InChI is InChI=1S/C8H18.Al.2BrH.H/c1-3-5-7-8-6-4-2;;;;/h3-8H2,1-2H3;;2*1H;/q;+2;;;/p-2. The van der Waals surface area contributed by atoms with Crippen molar-refractivity contribution in [3.8, 4) is 0 Å². The lowest BCUT2D eigenvalue weighted by Gasteiger charge is -1.93. The van der Waals surface area contributed by atoms with E-state index in [9.17, 15) is 0 Å². The van der Waals surface area contributed by atoms with Gasteiger partial charge >= 0.3 is 11.6 Å². The van der Waals surface area contributed by atoms with E-state index in [1.165, 1.54) is 38.5 Å². The van der Waals surface area contributed by atoms with Gasteiger partial charge in [0.2, 0.25) is 0 Å². The van der Waals surface area contributed by atoms with E-state index in [0.29, 0.717) is 0 Å². The summed E-state index contributed by atoms with van der Waals surface area (Å²) in [5, 5.41) is 0. The molecule has 11 heavy (non-hydrogen) atoms. The predicted molar refractivity (Wildman–Crippen MR) is 64.1 cm³/mol. The Morgan fingerprint density at radius 3 is 1.27 bits per heavy atom. The van der Waals surface area contributed by atoms with E-state index >= 15 is 0 Å². The van der Waals surface area contributed by atoms with E-state index in [4.69, 9.17) is 0 Å². The fourth-order valence-electron chi connectivity index (χ4n) is 0.854. The highest BCUT2D eigenvalue weighted by molar-refractivity contribution is 9.47. The summed E-state index contributed by atoms with van der Waals surface area (Å²) in [5.41, 5.74) is 0. The Balaban J connectivity index is 0. The summed E-state index contributed by atoms with van der Waals surface area (Å²) in [7, 11) is 0. The molecule has 0 N–H and O–H groups in total. The molecule has 0 aliphatic heterocycles. The van der Waals surface area contributed by atoms with Crippen molar-refractivity contribution in [2.75, 3.05) is 0 Å². The third-order valence-electron chi connectivity index (χ3n) is 1.46. The van der Waals surface area contributed by atoms with Crippen LogP contribution >= 0.6 is 28.1 Å². The van der Waals surface area contributed by atoms with Gasteiger partial charge in [0.25, 0.3) is 0 Å². The van der Waals surface area contributed by atoms with E-state index in [1.807, 2.05) is 0 Å². The molecular formula is C8H19AlBr2. The largest absolute Gasteiger partial charge is 0.435 e. The van der Waals surface area contributed by atoms with Crippen molar-refractivity contribution >= 4 is 39.7 Å². The van der Waals surface area contributed by atoms with Crippen LogP contribution in [0.1, 0.15) is 52.4 Å². The number of halogens is 2. The first-order valence-corrected chi connectivity index (χ1v) is 12.2. The van der Waals surface area contributed by atoms with Crippen LogP contribution in [0.2, 0.25) is 0 Å². The zero-order chi connectivity index (χ0) is 8.95. The van der Waals surface area contributed by atoms with Gasteiger partial charge < -0.3 is 0 Å². The molecule has 0 spiro atoms. The van der Waals surface area contributed by atoms with Crippen LogP contribution in [-0.4, -0.2) is 11.6 Å². The van der Waals surface area contributed by atoms with Gasteiger partial charge in [0.05, 0.1) is 0 Å². The highest BCUT2D eigenvalue weighted by Gasteiger charge is 1.83. The third-order valence-corrected chi connectivity index (χ3v) is 1.46. The Labute approximate surface area is 91.5 Å². The molecule has 0 aromatic heterocycles. The van der Waals surface area contributed by atoms with E-state index in [2.05, 4.69) is 42.0 Å². The number of unbranched alkanes of at least 4 members (excludes halogenated alkanes) is 5. The van der Waals surface area contributed by atoms with Crippen LogP contribution in [0, 0.1) is 0 Å². The lowest BCUT2D eigenvalue weighted by molar-refractivity contribution is 0.624. The smallest absolute Gasteiger partial charge is 0.203 e. The molecule has 3 heteroatoms. The summed E-state index contributed by atoms with van der Waals surface area (Å²) in [6.45, 7) is 4.51. The van der Waals surface area contributed by atoms with E-state index in [1.54, 1.807) is 0 Å². The Morgan fingerprint density at radius 1 is 0.818 bits per heavy atom. The first-order chi connectivity index (χ1) is 5.33. The molecule has 0 radical (unpaired) electrons. The molecule has 0 nitrogen and oxygen atoms in total. The van der Waals surface area contributed by atoms with Crippen molar-refractivity contribution in [3.63, 3.8) is 0 Å². The van der Waals surface area contributed by atoms with Gasteiger partial charge in [0.15, 0.2) is 0 Å². The van der Waals surface area contributed by atoms with Crippen molar-refractivity contribution < 1.29 is 0 Å². The Hall–Kier alpha value is 1.49. The highest BCUT2D eigenvalue weighted by atomic mass is 79.9. The molecule has 0 atom stereocenters. The van der Waals surface area contributed by atoms with Crippen molar-refractivity contribution in [2.24, 2.45) is 0 Å². The van der Waals surface area contributed by atoms with E-state index < -0.39 is 0 Å². The van der Waals surface area contributed by atoms with Gasteiger partial charge in [-0.05, 0) is 0 Å². The van der Waals surface area contributed by atoms with Crippen molar-refractivity contribution in [1.29, 1.82) is 0 Å². The molecule has 0 aromatic rings. The summed E-state index contributed by atoms with van der Waals surface area (Å²) < 4.78 is 0. The highest BCUT2D eigenvalue weighted by Crippen LogP contribution is 2.03. The Kier molecular flexibility index (Phi) is 23.9. The molecule has 0 amide bonds. The predicted octanol–water partition coefficient (Wildman–Crippen LogP) is 4.41. The molecule has 0 saturated heterocycles. The second-order valence-electron chi connectivity index (χ2n) is 2.52. The van der Waals surface area contributed by atoms with E-state index in [-0.39, 0.29) is 11.6 Å². The molecule has 68 valence electrons. The lowest BCUT2D eigenvalue weighted by Crippen LogP contribution is -1.73. The Bertz CT molecular complexity index is 45.4. The number of hydrogen-bond acceptors (Lipinski definition) is 0. The zero-order valence-electron chi connectivity index (χ0n) is 7.71. The number of hydrogen-bond donors (Lipinski definition) is 0.